The van der Waals surface area contributed by atoms with Gasteiger partial charge in [-0.15, -0.1) is 0 Å². The fourth-order valence-electron chi connectivity index (χ4n) is 3.76. The molecule has 0 unspecified atom stereocenters. The van der Waals surface area contributed by atoms with Crippen LogP contribution < -0.4 is 5.56 Å². The molecule has 158 valence electrons. The number of rotatable bonds is 6. The zero-order valence-electron chi connectivity index (χ0n) is 17.1. The molecule has 31 heavy (non-hydrogen) atoms. The number of aromatic nitrogens is 2. The molecule has 1 aromatic heterocycles. The van der Waals surface area contributed by atoms with Crippen LogP contribution in [0.15, 0.2) is 53.3 Å². The monoisotopic (exact) mass is 418 g/mol. The summed E-state index contributed by atoms with van der Waals surface area (Å²) in [5.74, 6) is -0.515. The van der Waals surface area contributed by atoms with E-state index in [4.69, 9.17) is 0 Å². The Morgan fingerprint density at radius 3 is 2.65 bits per heavy atom. The lowest BCUT2D eigenvalue weighted by Crippen LogP contribution is -2.44. The molecule has 0 bridgehead atoms. The van der Waals surface area contributed by atoms with E-state index in [0.717, 1.165) is 4.90 Å². The van der Waals surface area contributed by atoms with Crippen LogP contribution in [-0.4, -0.2) is 50.6 Å². The minimum atomic E-state index is -0.372. The van der Waals surface area contributed by atoms with E-state index in [0.29, 0.717) is 34.4 Å². The van der Waals surface area contributed by atoms with E-state index in [9.17, 15) is 19.2 Å². The molecule has 2 heterocycles. The Hall–Kier alpha value is -3.81. The molecule has 4 rings (SSSR count). The number of imide groups is 1. The Balaban J connectivity index is 1.45. The number of fused-ring (bicyclic) bond motifs is 2. The minimum Gasteiger partial charge on any atom is -0.335 e. The van der Waals surface area contributed by atoms with Gasteiger partial charge in [-0.25, -0.2) is 4.98 Å². The summed E-state index contributed by atoms with van der Waals surface area (Å²) >= 11 is 0. The average Bonchev–Trinajstić information content (AvgIpc) is 2.77. The average molecular weight is 418 g/mol. The van der Waals surface area contributed by atoms with Crippen molar-refractivity contribution in [3.8, 4) is 0 Å². The zero-order chi connectivity index (χ0) is 22.0. The molecular formula is C23H22N4O4. The number of para-hydroxylation sites is 1. The molecule has 0 saturated heterocycles. The molecule has 3 aromatic rings. The van der Waals surface area contributed by atoms with Gasteiger partial charge in [-0.1, -0.05) is 30.3 Å². The van der Waals surface area contributed by atoms with Crippen molar-refractivity contribution >= 4 is 28.6 Å². The van der Waals surface area contributed by atoms with Crippen LogP contribution in [0.4, 0.5) is 0 Å². The fourth-order valence-corrected chi connectivity index (χ4v) is 3.76. The molecule has 8 nitrogen and oxygen atoms in total. The number of H-pyrrole nitrogens is 1. The van der Waals surface area contributed by atoms with Gasteiger partial charge in [0, 0.05) is 25.1 Å². The first-order valence-electron chi connectivity index (χ1n) is 10.2. The van der Waals surface area contributed by atoms with Crippen LogP contribution in [0.3, 0.4) is 0 Å². The molecule has 0 atom stereocenters. The Kier molecular flexibility index (Phi) is 5.62. The third kappa shape index (κ3) is 4.09. The van der Waals surface area contributed by atoms with E-state index in [1.165, 1.54) is 0 Å². The van der Waals surface area contributed by atoms with E-state index >= 15 is 0 Å². The maximum atomic E-state index is 12.8. The van der Waals surface area contributed by atoms with Gasteiger partial charge in [-0.2, -0.15) is 0 Å². The van der Waals surface area contributed by atoms with Crippen molar-refractivity contribution in [1.82, 2.24) is 19.8 Å². The summed E-state index contributed by atoms with van der Waals surface area (Å²) in [6.07, 6.45) is 0.154. The highest BCUT2D eigenvalue weighted by Crippen LogP contribution is 2.20. The van der Waals surface area contributed by atoms with E-state index in [1.807, 2.05) is 6.92 Å². The third-order valence-electron chi connectivity index (χ3n) is 5.42. The maximum absolute atomic E-state index is 12.8. The van der Waals surface area contributed by atoms with Gasteiger partial charge in [0.05, 0.1) is 23.9 Å². The molecule has 0 saturated carbocycles. The molecule has 1 aliphatic heterocycles. The van der Waals surface area contributed by atoms with Gasteiger partial charge in [-0.05, 0) is 30.7 Å². The van der Waals surface area contributed by atoms with Gasteiger partial charge in [-0.3, -0.25) is 24.1 Å². The summed E-state index contributed by atoms with van der Waals surface area (Å²) in [5.41, 5.74) is 1.52. The number of nitrogens with zero attached hydrogens (tertiary/aromatic N) is 3. The highest BCUT2D eigenvalue weighted by Gasteiger charge is 2.31. The molecular weight excluding hydrogens is 396 g/mol. The summed E-state index contributed by atoms with van der Waals surface area (Å²) < 4.78 is 0. The first-order valence-corrected chi connectivity index (χ1v) is 10.2. The lowest BCUT2D eigenvalue weighted by atomic mass is 9.98. The number of nitrogens with one attached hydrogen (secondary N) is 1. The van der Waals surface area contributed by atoms with Crippen molar-refractivity contribution in [3.63, 3.8) is 0 Å². The van der Waals surface area contributed by atoms with Crippen molar-refractivity contribution in [1.29, 1.82) is 0 Å². The van der Waals surface area contributed by atoms with Gasteiger partial charge in [0.2, 0.25) is 11.8 Å². The summed E-state index contributed by atoms with van der Waals surface area (Å²) in [4.78, 5) is 60.0. The Bertz CT molecular complexity index is 1230. The van der Waals surface area contributed by atoms with Crippen molar-refractivity contribution in [2.24, 2.45) is 0 Å². The van der Waals surface area contributed by atoms with Crippen LogP contribution >= 0.6 is 0 Å². The molecule has 1 aliphatic rings. The van der Waals surface area contributed by atoms with E-state index in [2.05, 4.69) is 9.97 Å². The van der Waals surface area contributed by atoms with Crippen molar-refractivity contribution < 1.29 is 14.4 Å². The van der Waals surface area contributed by atoms with Crippen LogP contribution in [-0.2, 0) is 22.6 Å². The van der Waals surface area contributed by atoms with Gasteiger partial charge >= 0.3 is 0 Å². The number of carbonyl (C=O) groups is 3. The van der Waals surface area contributed by atoms with Gasteiger partial charge in [0.15, 0.2) is 0 Å². The van der Waals surface area contributed by atoms with Crippen LogP contribution in [0.1, 0.15) is 35.1 Å². The number of hydrogen-bond acceptors (Lipinski definition) is 5. The lowest BCUT2D eigenvalue weighted by Gasteiger charge is -2.27. The standard InChI is InChI=1S/C23H22N4O4/c1-2-26(14-19-24-18-10-6-5-9-17(18)22(30)25-19)20(28)11-12-27-21(29)13-15-7-3-4-8-16(15)23(27)31/h3-10H,2,11-14H2,1H3,(H,24,25,30). The quantitative estimate of drug-likeness (QED) is 0.616. The predicted octanol–water partition coefficient (Wildman–Crippen LogP) is 1.89. The third-order valence-corrected chi connectivity index (χ3v) is 5.42. The van der Waals surface area contributed by atoms with E-state index in [1.54, 1.807) is 53.4 Å². The maximum Gasteiger partial charge on any atom is 0.260 e. The molecule has 8 heteroatoms. The van der Waals surface area contributed by atoms with Crippen molar-refractivity contribution in [3.05, 3.63) is 75.8 Å². The Morgan fingerprint density at radius 2 is 1.84 bits per heavy atom. The largest absolute Gasteiger partial charge is 0.335 e. The van der Waals surface area contributed by atoms with Crippen LogP contribution in [0.2, 0.25) is 0 Å². The second kappa shape index (κ2) is 8.51. The SMILES string of the molecule is CCN(Cc1nc2ccccc2c(=O)[nH]1)C(=O)CCN1C(=O)Cc2ccccc2C1=O. The number of amides is 3. The first kappa shape index (κ1) is 20.5. The van der Waals surface area contributed by atoms with Crippen LogP contribution in [0.25, 0.3) is 10.9 Å². The smallest absolute Gasteiger partial charge is 0.260 e. The first-order chi connectivity index (χ1) is 15.0. The molecule has 3 amide bonds. The van der Waals surface area contributed by atoms with E-state index in [-0.39, 0.29) is 49.2 Å². The number of hydrogen-bond donors (Lipinski definition) is 1. The molecule has 1 N–H and O–H groups in total. The summed E-state index contributed by atoms with van der Waals surface area (Å²) in [6, 6.07) is 14.0. The molecule has 0 radical (unpaired) electrons. The Morgan fingerprint density at radius 1 is 1.10 bits per heavy atom. The lowest BCUT2D eigenvalue weighted by molar-refractivity contribution is -0.133. The highest BCUT2D eigenvalue weighted by atomic mass is 16.2. The molecule has 0 spiro atoms. The van der Waals surface area contributed by atoms with Gasteiger partial charge in [0.25, 0.3) is 11.5 Å². The van der Waals surface area contributed by atoms with Crippen molar-refractivity contribution in [2.75, 3.05) is 13.1 Å². The minimum absolute atomic E-state index is 0.00526. The van der Waals surface area contributed by atoms with E-state index < -0.39 is 0 Å². The molecule has 0 fully saturated rings. The predicted molar refractivity (Wildman–Crippen MR) is 114 cm³/mol. The number of carbonyl (C=O) groups excluding carboxylic acids is 3. The topological polar surface area (TPSA) is 103 Å². The summed E-state index contributed by atoms with van der Waals surface area (Å²) in [6.45, 7) is 2.38. The van der Waals surface area contributed by atoms with Gasteiger partial charge in [0.1, 0.15) is 5.82 Å². The van der Waals surface area contributed by atoms with Gasteiger partial charge < -0.3 is 9.88 Å². The molecule has 2 aromatic carbocycles. The number of aromatic amines is 1. The highest BCUT2D eigenvalue weighted by molar-refractivity contribution is 6.09. The number of benzene rings is 2. The van der Waals surface area contributed by atoms with Crippen LogP contribution in [0.5, 0.6) is 0 Å². The van der Waals surface area contributed by atoms with Crippen LogP contribution in [0, 0.1) is 0 Å². The van der Waals surface area contributed by atoms with Crippen molar-refractivity contribution in [2.45, 2.75) is 26.3 Å². The zero-order valence-corrected chi connectivity index (χ0v) is 17.1. The normalized spacial score (nSPS) is 13.4. The second-order valence-electron chi connectivity index (χ2n) is 7.37. The summed E-state index contributed by atoms with van der Waals surface area (Å²) in [7, 11) is 0. The summed E-state index contributed by atoms with van der Waals surface area (Å²) in [5, 5.41) is 0.489. The fraction of sp³-hybridized carbons (Fsp3) is 0.261. The molecule has 0 aliphatic carbocycles. The Labute approximate surface area is 178 Å². The second-order valence-corrected chi connectivity index (χ2v) is 7.37.